The van der Waals surface area contributed by atoms with Crippen LogP contribution >= 0.6 is 0 Å². The second-order valence-electron chi connectivity index (χ2n) is 6.73. The first-order chi connectivity index (χ1) is 15.0. The number of carbonyl (C=O) groups is 3. The monoisotopic (exact) mass is 417 g/mol. The SMILES string of the molecule is CCOC(=O)C(=O)CC(=O)c1cc(C#Cc2ccccc2)cn1Cc1ccc(F)cc1. The van der Waals surface area contributed by atoms with E-state index in [1.807, 2.05) is 30.3 Å². The van der Waals surface area contributed by atoms with Crippen molar-refractivity contribution < 1.29 is 23.5 Å². The molecule has 0 atom stereocenters. The van der Waals surface area contributed by atoms with Gasteiger partial charge in [0.05, 0.1) is 18.7 Å². The number of ketones is 2. The predicted molar refractivity (Wildman–Crippen MR) is 113 cm³/mol. The van der Waals surface area contributed by atoms with Crippen molar-refractivity contribution in [1.29, 1.82) is 0 Å². The Morgan fingerprint density at radius 2 is 1.65 bits per heavy atom. The van der Waals surface area contributed by atoms with Gasteiger partial charge < -0.3 is 9.30 Å². The number of esters is 1. The summed E-state index contributed by atoms with van der Waals surface area (Å²) in [6, 6.07) is 16.9. The van der Waals surface area contributed by atoms with E-state index in [1.54, 1.807) is 35.9 Å². The van der Waals surface area contributed by atoms with Crippen LogP contribution in [0.2, 0.25) is 0 Å². The number of halogens is 1. The topological polar surface area (TPSA) is 65.4 Å². The van der Waals surface area contributed by atoms with Gasteiger partial charge in [-0.25, -0.2) is 9.18 Å². The fourth-order valence-electron chi connectivity index (χ4n) is 2.92. The second-order valence-corrected chi connectivity index (χ2v) is 6.73. The fraction of sp³-hybridized carbons (Fsp3) is 0.160. The average Bonchev–Trinajstić information content (AvgIpc) is 3.17. The summed E-state index contributed by atoms with van der Waals surface area (Å²) in [5.41, 5.74) is 2.40. The van der Waals surface area contributed by atoms with E-state index in [0.717, 1.165) is 11.1 Å². The summed E-state index contributed by atoms with van der Waals surface area (Å²) in [6.45, 7) is 1.92. The minimum atomic E-state index is -1.03. The molecule has 0 unspecified atom stereocenters. The number of hydrogen-bond acceptors (Lipinski definition) is 4. The van der Waals surface area contributed by atoms with Crippen LogP contribution in [0.3, 0.4) is 0 Å². The largest absolute Gasteiger partial charge is 0.460 e. The Bertz CT molecular complexity index is 1150. The third-order valence-corrected chi connectivity index (χ3v) is 4.40. The van der Waals surface area contributed by atoms with E-state index in [4.69, 9.17) is 0 Å². The van der Waals surface area contributed by atoms with Gasteiger partial charge in [-0.3, -0.25) is 9.59 Å². The van der Waals surface area contributed by atoms with Gasteiger partial charge >= 0.3 is 5.97 Å². The summed E-state index contributed by atoms with van der Waals surface area (Å²) in [6.07, 6.45) is 1.10. The van der Waals surface area contributed by atoms with Crippen LogP contribution in [0.4, 0.5) is 4.39 Å². The maximum Gasteiger partial charge on any atom is 0.375 e. The molecule has 0 spiro atoms. The highest BCUT2D eigenvalue weighted by molar-refractivity contribution is 6.38. The highest BCUT2D eigenvalue weighted by Crippen LogP contribution is 2.15. The molecule has 0 aliphatic rings. The van der Waals surface area contributed by atoms with E-state index >= 15 is 0 Å². The zero-order chi connectivity index (χ0) is 22.2. The van der Waals surface area contributed by atoms with E-state index in [-0.39, 0.29) is 24.7 Å². The van der Waals surface area contributed by atoms with Crippen LogP contribution in [0.25, 0.3) is 0 Å². The number of ether oxygens (including phenoxy) is 1. The molecule has 0 aliphatic carbocycles. The van der Waals surface area contributed by atoms with Crippen LogP contribution in [0.1, 0.15) is 40.5 Å². The molecule has 3 rings (SSSR count). The molecule has 1 aromatic heterocycles. The molecule has 0 N–H and O–H groups in total. The van der Waals surface area contributed by atoms with Gasteiger partial charge in [0.1, 0.15) is 5.82 Å². The molecule has 5 nitrogen and oxygen atoms in total. The highest BCUT2D eigenvalue weighted by Gasteiger charge is 2.22. The second kappa shape index (κ2) is 10.2. The third-order valence-electron chi connectivity index (χ3n) is 4.40. The molecule has 0 aliphatic heterocycles. The number of aromatic nitrogens is 1. The first kappa shape index (κ1) is 21.7. The van der Waals surface area contributed by atoms with Gasteiger partial charge in [0.2, 0.25) is 5.78 Å². The van der Waals surface area contributed by atoms with E-state index in [1.165, 1.54) is 12.1 Å². The van der Waals surface area contributed by atoms with Crippen molar-refractivity contribution in [2.24, 2.45) is 0 Å². The lowest BCUT2D eigenvalue weighted by atomic mass is 10.1. The minimum Gasteiger partial charge on any atom is -0.460 e. The lowest BCUT2D eigenvalue weighted by molar-refractivity contribution is -0.153. The zero-order valence-electron chi connectivity index (χ0n) is 16.9. The molecule has 0 saturated carbocycles. The van der Waals surface area contributed by atoms with Crippen molar-refractivity contribution in [2.75, 3.05) is 6.61 Å². The van der Waals surface area contributed by atoms with Gasteiger partial charge in [-0.15, -0.1) is 0 Å². The number of benzene rings is 2. The lowest BCUT2D eigenvalue weighted by Gasteiger charge is -2.08. The standard InChI is InChI=1S/C25H20FNO4/c1-2-31-25(30)24(29)15-23(28)22-14-20(9-8-18-6-4-3-5-7-18)17-27(22)16-19-10-12-21(26)13-11-19/h3-7,10-14,17H,2,15-16H2,1H3. The van der Waals surface area contributed by atoms with E-state index < -0.39 is 24.0 Å². The molecule has 3 aromatic rings. The van der Waals surface area contributed by atoms with E-state index in [0.29, 0.717) is 5.56 Å². The Kier molecular flexibility index (Phi) is 7.13. The van der Waals surface area contributed by atoms with Crippen molar-refractivity contribution >= 4 is 17.5 Å². The van der Waals surface area contributed by atoms with Crippen LogP contribution in [-0.2, 0) is 20.9 Å². The number of Topliss-reactive ketones (excluding diaryl/α,β-unsaturated/α-hetero) is 2. The summed E-state index contributed by atoms with van der Waals surface area (Å²) in [5, 5.41) is 0. The van der Waals surface area contributed by atoms with Gasteiger partial charge in [0.25, 0.3) is 0 Å². The maximum absolute atomic E-state index is 13.2. The Morgan fingerprint density at radius 3 is 2.32 bits per heavy atom. The zero-order valence-corrected chi connectivity index (χ0v) is 16.9. The molecular formula is C25H20FNO4. The highest BCUT2D eigenvalue weighted by atomic mass is 19.1. The summed E-state index contributed by atoms with van der Waals surface area (Å²) in [5.74, 6) is 3.22. The Labute approximate surface area is 179 Å². The van der Waals surface area contributed by atoms with E-state index in [2.05, 4.69) is 16.6 Å². The van der Waals surface area contributed by atoms with Crippen molar-refractivity contribution in [2.45, 2.75) is 19.9 Å². The van der Waals surface area contributed by atoms with Crippen molar-refractivity contribution in [1.82, 2.24) is 4.57 Å². The molecule has 0 saturated heterocycles. The first-order valence-corrected chi connectivity index (χ1v) is 9.71. The Hall–Kier alpha value is -3.98. The number of rotatable bonds is 7. The van der Waals surface area contributed by atoms with E-state index in [9.17, 15) is 18.8 Å². The molecule has 1 heterocycles. The normalized spacial score (nSPS) is 10.1. The molecule has 0 amide bonds. The number of carbonyl (C=O) groups excluding carboxylic acids is 3. The number of nitrogens with zero attached hydrogens (tertiary/aromatic N) is 1. The fourth-order valence-corrected chi connectivity index (χ4v) is 2.92. The smallest absolute Gasteiger partial charge is 0.375 e. The third kappa shape index (κ3) is 6.00. The van der Waals surface area contributed by atoms with Gasteiger partial charge in [-0.05, 0) is 42.8 Å². The predicted octanol–water partition coefficient (Wildman–Crippen LogP) is 3.78. The van der Waals surface area contributed by atoms with Crippen LogP contribution in [0.15, 0.2) is 66.9 Å². The Morgan fingerprint density at radius 1 is 0.968 bits per heavy atom. The minimum absolute atomic E-state index is 0.0545. The Balaban J connectivity index is 1.89. The molecule has 0 bridgehead atoms. The molecule has 156 valence electrons. The van der Waals surface area contributed by atoms with Crippen LogP contribution < -0.4 is 0 Å². The van der Waals surface area contributed by atoms with Crippen LogP contribution in [-0.4, -0.2) is 28.7 Å². The van der Waals surface area contributed by atoms with Crippen molar-refractivity contribution in [3.05, 3.63) is 95.1 Å². The van der Waals surface area contributed by atoms with Crippen LogP contribution in [0.5, 0.6) is 0 Å². The molecule has 0 radical (unpaired) electrons. The van der Waals surface area contributed by atoms with Crippen molar-refractivity contribution in [3.8, 4) is 11.8 Å². The molecule has 6 heteroatoms. The summed E-state index contributed by atoms with van der Waals surface area (Å²) < 4.78 is 19.5. The number of hydrogen-bond donors (Lipinski definition) is 0. The van der Waals surface area contributed by atoms with Crippen LogP contribution in [0, 0.1) is 17.7 Å². The van der Waals surface area contributed by atoms with Gasteiger partial charge in [-0.1, -0.05) is 42.2 Å². The van der Waals surface area contributed by atoms with Crippen molar-refractivity contribution in [3.63, 3.8) is 0 Å². The quantitative estimate of drug-likeness (QED) is 0.193. The molecule has 2 aromatic carbocycles. The maximum atomic E-state index is 13.2. The first-order valence-electron chi connectivity index (χ1n) is 9.71. The summed E-state index contributed by atoms with van der Waals surface area (Å²) >= 11 is 0. The van der Waals surface area contributed by atoms with Gasteiger partial charge in [0, 0.05) is 23.9 Å². The molecular weight excluding hydrogens is 397 g/mol. The average molecular weight is 417 g/mol. The lowest BCUT2D eigenvalue weighted by Crippen LogP contribution is -2.22. The summed E-state index contributed by atoms with van der Waals surface area (Å²) in [7, 11) is 0. The molecule has 0 fully saturated rings. The van der Waals surface area contributed by atoms with Gasteiger partial charge in [0.15, 0.2) is 5.78 Å². The summed E-state index contributed by atoms with van der Waals surface area (Å²) in [4.78, 5) is 36.3. The van der Waals surface area contributed by atoms with Gasteiger partial charge in [-0.2, -0.15) is 0 Å². The molecule has 31 heavy (non-hydrogen) atoms.